The number of nitro benzene ring substituents is 1. The van der Waals surface area contributed by atoms with Crippen LogP contribution in [0.5, 0.6) is 0 Å². The summed E-state index contributed by atoms with van der Waals surface area (Å²) in [4.78, 5) is 30.1. The number of nitrogens with zero attached hydrogens (tertiary/aromatic N) is 3. The van der Waals surface area contributed by atoms with Crippen molar-refractivity contribution in [3.05, 3.63) is 147 Å². The van der Waals surface area contributed by atoms with Crippen molar-refractivity contribution in [1.29, 1.82) is 0 Å². The Hall–Kier alpha value is -4.88. The van der Waals surface area contributed by atoms with Crippen LogP contribution in [0.4, 0.5) is 17.1 Å². The zero-order chi connectivity index (χ0) is 37.0. The molecule has 1 saturated heterocycles. The molecule has 2 aliphatic heterocycles. The maximum absolute atomic E-state index is 13.3. The van der Waals surface area contributed by atoms with Gasteiger partial charge in [-0.25, -0.2) is 13.1 Å². The second-order valence-corrected chi connectivity index (χ2v) is 16.4. The smallest absolute Gasteiger partial charge is 0.293 e. The van der Waals surface area contributed by atoms with E-state index in [1.165, 1.54) is 17.7 Å². The minimum absolute atomic E-state index is 0.200. The van der Waals surface area contributed by atoms with E-state index in [1.807, 2.05) is 60.7 Å². The maximum atomic E-state index is 13.3. The summed E-state index contributed by atoms with van der Waals surface area (Å²) < 4.78 is 28.6. The third-order valence-electron chi connectivity index (χ3n) is 9.61. The fraction of sp³-hybridized carbons (Fsp3) is 0.225. The number of anilines is 2. The van der Waals surface area contributed by atoms with Gasteiger partial charge in [0.15, 0.2) is 0 Å². The third-order valence-corrected chi connectivity index (χ3v) is 12.2. The first-order valence-corrected chi connectivity index (χ1v) is 20.2. The number of hydrogen-bond acceptors (Lipinski definition) is 9. The zero-order valence-electron chi connectivity index (χ0n) is 28.8. The normalized spacial score (nSPS) is 15.6. The Balaban J connectivity index is 0.964. The van der Waals surface area contributed by atoms with Crippen LogP contribution >= 0.6 is 23.4 Å². The largest absolute Gasteiger partial charge is 0.379 e. The van der Waals surface area contributed by atoms with Gasteiger partial charge in [-0.15, -0.1) is 11.8 Å². The van der Waals surface area contributed by atoms with Gasteiger partial charge in [0.1, 0.15) is 5.69 Å². The summed E-state index contributed by atoms with van der Waals surface area (Å²) in [7, 11) is -4.39. The van der Waals surface area contributed by atoms with Crippen molar-refractivity contribution in [3.63, 3.8) is 0 Å². The molecule has 1 amide bonds. The quantitative estimate of drug-likeness (QED) is 0.0565. The van der Waals surface area contributed by atoms with Crippen molar-refractivity contribution in [2.45, 2.75) is 35.2 Å². The van der Waals surface area contributed by atoms with E-state index in [2.05, 4.69) is 44.1 Å². The fourth-order valence-corrected chi connectivity index (χ4v) is 8.91. The number of carbonyl (C=O) groups excluding carboxylic acids is 1. The molecule has 13 heteroatoms. The molecule has 2 aliphatic rings. The number of carbonyl (C=O) groups is 1. The Kier molecular flexibility index (Phi) is 11.0. The van der Waals surface area contributed by atoms with Gasteiger partial charge in [0.05, 0.1) is 9.82 Å². The highest BCUT2D eigenvalue weighted by atomic mass is 35.5. The molecule has 0 aliphatic carbocycles. The number of halogens is 1. The van der Waals surface area contributed by atoms with Gasteiger partial charge in [0, 0.05) is 71.8 Å². The molecule has 1 fully saturated rings. The van der Waals surface area contributed by atoms with Crippen LogP contribution in [0.2, 0.25) is 5.02 Å². The molecule has 0 saturated carbocycles. The van der Waals surface area contributed by atoms with Gasteiger partial charge in [-0.1, -0.05) is 60.1 Å². The topological polar surface area (TPSA) is 125 Å². The molecular formula is C40H38ClN5O5S2. The molecule has 0 aromatic heterocycles. The average Bonchev–Trinajstić information content (AvgIpc) is 3.16. The molecule has 0 unspecified atom stereocenters. The SMILES string of the molecule is O=C(NS(=O)(=O)c1ccc(NCCSc2ccccc2)c([N+](=O)[O-])c1)c1ccc2c(c1)CC[C@H]1CN(Cc3cccc(-c4ccc(Cl)cc4)c3)CCN21. The summed E-state index contributed by atoms with van der Waals surface area (Å²) in [5, 5.41) is 15.6. The molecule has 5 aromatic rings. The van der Waals surface area contributed by atoms with Crippen molar-refractivity contribution in [2.24, 2.45) is 0 Å². The highest BCUT2D eigenvalue weighted by molar-refractivity contribution is 7.99. The fourth-order valence-electron chi connectivity index (χ4n) is 7.00. The summed E-state index contributed by atoms with van der Waals surface area (Å²) >= 11 is 7.68. The molecular weight excluding hydrogens is 730 g/mol. The lowest BCUT2D eigenvalue weighted by atomic mass is 9.92. The predicted molar refractivity (Wildman–Crippen MR) is 211 cm³/mol. The summed E-state index contributed by atoms with van der Waals surface area (Å²) in [6.45, 7) is 3.91. The molecule has 272 valence electrons. The van der Waals surface area contributed by atoms with E-state index in [9.17, 15) is 23.3 Å². The molecule has 0 spiro atoms. The Morgan fingerprint density at radius 3 is 2.51 bits per heavy atom. The first kappa shape index (κ1) is 36.5. The third kappa shape index (κ3) is 8.68. The molecule has 0 radical (unpaired) electrons. The Labute approximate surface area is 318 Å². The van der Waals surface area contributed by atoms with E-state index in [0.717, 1.165) is 77.4 Å². The first-order chi connectivity index (χ1) is 25.6. The molecule has 2 heterocycles. The van der Waals surface area contributed by atoms with Gasteiger partial charge in [-0.05, 0) is 95.8 Å². The van der Waals surface area contributed by atoms with Crippen molar-refractivity contribution in [1.82, 2.24) is 9.62 Å². The number of amides is 1. The minimum atomic E-state index is -4.39. The van der Waals surface area contributed by atoms with E-state index in [1.54, 1.807) is 23.9 Å². The van der Waals surface area contributed by atoms with E-state index in [4.69, 9.17) is 11.6 Å². The first-order valence-electron chi connectivity index (χ1n) is 17.4. The van der Waals surface area contributed by atoms with Crippen molar-refractivity contribution in [3.8, 4) is 11.1 Å². The minimum Gasteiger partial charge on any atom is -0.379 e. The number of fused-ring (bicyclic) bond motifs is 3. The molecule has 53 heavy (non-hydrogen) atoms. The number of nitro groups is 1. The number of aryl methyl sites for hydroxylation is 1. The molecule has 1 atom stereocenters. The van der Waals surface area contributed by atoms with Gasteiger partial charge in [0.25, 0.3) is 21.6 Å². The number of sulfonamides is 1. The van der Waals surface area contributed by atoms with Crippen molar-refractivity contribution in [2.75, 3.05) is 42.1 Å². The molecule has 7 rings (SSSR count). The lowest BCUT2D eigenvalue weighted by molar-refractivity contribution is -0.384. The summed E-state index contributed by atoms with van der Waals surface area (Å²) in [6.07, 6.45) is 1.67. The van der Waals surface area contributed by atoms with Crippen molar-refractivity contribution >= 4 is 56.4 Å². The number of piperazine rings is 1. The van der Waals surface area contributed by atoms with Crippen molar-refractivity contribution < 1.29 is 18.1 Å². The molecule has 0 bridgehead atoms. The van der Waals surface area contributed by atoms with Crippen LogP contribution in [-0.4, -0.2) is 62.1 Å². The summed E-state index contributed by atoms with van der Waals surface area (Å²) in [6, 6.07) is 35.5. The second kappa shape index (κ2) is 16.0. The van der Waals surface area contributed by atoms with Gasteiger partial charge in [0.2, 0.25) is 0 Å². The number of rotatable bonds is 12. The highest BCUT2D eigenvalue weighted by Crippen LogP contribution is 2.34. The summed E-state index contributed by atoms with van der Waals surface area (Å²) in [5.74, 6) is -0.139. The van der Waals surface area contributed by atoms with E-state index in [-0.39, 0.29) is 21.8 Å². The molecule has 5 aromatic carbocycles. The van der Waals surface area contributed by atoms with Gasteiger partial charge >= 0.3 is 0 Å². The second-order valence-electron chi connectivity index (χ2n) is 13.1. The van der Waals surface area contributed by atoms with Crippen LogP contribution in [0.3, 0.4) is 0 Å². The standard InChI is InChI=1S/C40H38ClN5O5S2/c41-33-13-9-29(10-14-33)30-6-4-5-28(23-30)26-44-20-21-45-34(27-44)15-11-31-24-32(12-18-38(31)45)40(47)43-53(50,51)36-16-17-37(39(25-36)46(48)49)42-19-22-52-35-7-2-1-3-8-35/h1-10,12-14,16-18,23-25,34,42H,11,15,19-22,26-27H2,(H,43,47)/t34-/m0/s1. The Bertz CT molecular complexity index is 2240. The number of nitrogens with one attached hydrogen (secondary N) is 2. The Morgan fingerprint density at radius 1 is 0.906 bits per heavy atom. The predicted octanol–water partition coefficient (Wildman–Crippen LogP) is 7.88. The lowest BCUT2D eigenvalue weighted by Crippen LogP contribution is -2.54. The zero-order valence-corrected chi connectivity index (χ0v) is 31.2. The van der Waals surface area contributed by atoms with Gasteiger partial charge in [-0.2, -0.15) is 0 Å². The van der Waals surface area contributed by atoms with E-state index < -0.39 is 20.9 Å². The number of benzene rings is 5. The summed E-state index contributed by atoms with van der Waals surface area (Å²) in [5.41, 5.74) is 5.63. The van der Waals surface area contributed by atoms with Gasteiger partial charge in [-0.3, -0.25) is 19.8 Å². The van der Waals surface area contributed by atoms with Crippen LogP contribution in [0.1, 0.15) is 27.9 Å². The number of hydrogen-bond donors (Lipinski definition) is 2. The van der Waals surface area contributed by atoms with Crippen LogP contribution in [0.15, 0.2) is 125 Å². The van der Waals surface area contributed by atoms with Crippen LogP contribution < -0.4 is 14.9 Å². The van der Waals surface area contributed by atoms with E-state index in [0.29, 0.717) is 18.3 Å². The van der Waals surface area contributed by atoms with Crippen LogP contribution in [-0.2, 0) is 23.0 Å². The molecule has 2 N–H and O–H groups in total. The highest BCUT2D eigenvalue weighted by Gasteiger charge is 2.32. The van der Waals surface area contributed by atoms with E-state index >= 15 is 0 Å². The average molecular weight is 768 g/mol. The Morgan fingerprint density at radius 2 is 1.72 bits per heavy atom. The number of thioether (sulfide) groups is 1. The molecule has 10 nitrogen and oxygen atoms in total. The van der Waals surface area contributed by atoms with Gasteiger partial charge < -0.3 is 10.2 Å². The monoisotopic (exact) mass is 767 g/mol. The maximum Gasteiger partial charge on any atom is 0.293 e. The van der Waals surface area contributed by atoms with Crippen LogP contribution in [0.25, 0.3) is 11.1 Å². The van der Waals surface area contributed by atoms with Crippen LogP contribution in [0, 0.1) is 10.1 Å². The lowest BCUT2D eigenvalue weighted by Gasteiger charge is -2.46.